The van der Waals surface area contributed by atoms with Crippen LogP contribution < -0.4 is 11.5 Å². The van der Waals surface area contributed by atoms with Crippen LogP contribution in [0.4, 0.5) is 0 Å². The SMILES string of the molecule is CC(C)C(C(N)CN)[Si](C)(C)C. The molecule has 4 N–H and O–H groups in total. The van der Waals surface area contributed by atoms with Crippen molar-refractivity contribution in [3.8, 4) is 0 Å². The van der Waals surface area contributed by atoms with Crippen molar-refractivity contribution in [2.45, 2.75) is 45.1 Å². The van der Waals surface area contributed by atoms with E-state index in [0.29, 0.717) is 18.0 Å². The highest BCUT2D eigenvalue weighted by atomic mass is 28.3. The van der Waals surface area contributed by atoms with Gasteiger partial charge in [0.05, 0.1) is 0 Å². The molecule has 0 aromatic heterocycles. The molecule has 0 bridgehead atoms. The van der Waals surface area contributed by atoms with Crippen LogP contribution in [0.5, 0.6) is 0 Å². The molecule has 0 aliphatic rings. The summed E-state index contributed by atoms with van der Waals surface area (Å²) >= 11 is 0. The van der Waals surface area contributed by atoms with Gasteiger partial charge < -0.3 is 11.5 Å². The van der Waals surface area contributed by atoms with Gasteiger partial charge in [-0.3, -0.25) is 0 Å². The topological polar surface area (TPSA) is 52.0 Å². The van der Waals surface area contributed by atoms with Crippen LogP contribution in [0, 0.1) is 5.92 Å². The lowest BCUT2D eigenvalue weighted by molar-refractivity contribution is 0.485. The number of nitrogens with two attached hydrogens (primary N) is 2. The Morgan fingerprint density at radius 2 is 1.58 bits per heavy atom. The zero-order valence-corrected chi connectivity index (χ0v) is 10.1. The second kappa shape index (κ2) is 4.39. The van der Waals surface area contributed by atoms with E-state index >= 15 is 0 Å². The van der Waals surface area contributed by atoms with Gasteiger partial charge in [0.25, 0.3) is 0 Å². The van der Waals surface area contributed by atoms with Crippen LogP contribution in [0.2, 0.25) is 25.2 Å². The fourth-order valence-electron chi connectivity index (χ4n) is 2.28. The van der Waals surface area contributed by atoms with Crippen LogP contribution in [-0.4, -0.2) is 20.7 Å². The predicted octanol–water partition coefficient (Wildman–Crippen LogP) is 1.64. The summed E-state index contributed by atoms with van der Waals surface area (Å²) in [5.41, 5.74) is 12.3. The van der Waals surface area contributed by atoms with Gasteiger partial charge in [-0.15, -0.1) is 0 Å². The molecule has 0 radical (unpaired) electrons. The van der Waals surface area contributed by atoms with Gasteiger partial charge in [0.15, 0.2) is 0 Å². The second-order valence-corrected chi connectivity index (χ2v) is 10.4. The largest absolute Gasteiger partial charge is 0.329 e. The molecule has 0 heterocycles. The minimum Gasteiger partial charge on any atom is -0.329 e. The van der Waals surface area contributed by atoms with E-state index in [4.69, 9.17) is 11.5 Å². The predicted molar refractivity (Wildman–Crippen MR) is 59.0 cm³/mol. The van der Waals surface area contributed by atoms with Gasteiger partial charge in [0.2, 0.25) is 0 Å². The van der Waals surface area contributed by atoms with Gasteiger partial charge in [0.1, 0.15) is 0 Å². The molecule has 0 amide bonds. The Morgan fingerprint density at radius 1 is 1.17 bits per heavy atom. The maximum atomic E-state index is 6.01. The van der Waals surface area contributed by atoms with E-state index in [1.165, 1.54) is 0 Å². The van der Waals surface area contributed by atoms with Gasteiger partial charge in [0, 0.05) is 20.7 Å². The maximum absolute atomic E-state index is 6.01. The van der Waals surface area contributed by atoms with Crippen molar-refractivity contribution in [2.75, 3.05) is 6.54 Å². The first-order valence-electron chi connectivity index (χ1n) is 4.76. The minimum atomic E-state index is -1.14. The molecule has 0 aliphatic heterocycles. The number of hydrogen-bond acceptors (Lipinski definition) is 2. The average molecular weight is 188 g/mol. The van der Waals surface area contributed by atoms with Gasteiger partial charge >= 0.3 is 0 Å². The first kappa shape index (κ1) is 12.1. The normalized spacial score (nSPS) is 18.0. The summed E-state index contributed by atoms with van der Waals surface area (Å²) in [6.07, 6.45) is 0. The van der Waals surface area contributed by atoms with E-state index in [2.05, 4.69) is 33.5 Å². The van der Waals surface area contributed by atoms with Crippen molar-refractivity contribution >= 4 is 8.07 Å². The zero-order valence-electron chi connectivity index (χ0n) is 9.09. The monoisotopic (exact) mass is 188 g/mol. The number of rotatable bonds is 4. The summed E-state index contributed by atoms with van der Waals surface area (Å²) in [5, 5.41) is 0. The highest BCUT2D eigenvalue weighted by molar-refractivity contribution is 6.77. The smallest absolute Gasteiger partial charge is 0.0494 e. The molecule has 74 valence electrons. The molecule has 3 heteroatoms. The quantitative estimate of drug-likeness (QED) is 0.659. The van der Waals surface area contributed by atoms with Crippen molar-refractivity contribution < 1.29 is 0 Å². The van der Waals surface area contributed by atoms with Crippen molar-refractivity contribution in [3.63, 3.8) is 0 Å². The molecule has 0 aliphatic carbocycles. The molecule has 0 aromatic rings. The van der Waals surface area contributed by atoms with Gasteiger partial charge in [-0.1, -0.05) is 33.5 Å². The fourth-order valence-corrected chi connectivity index (χ4v) is 5.70. The molecule has 0 aromatic carbocycles. The maximum Gasteiger partial charge on any atom is 0.0494 e. The zero-order chi connectivity index (χ0) is 9.94. The van der Waals surface area contributed by atoms with Gasteiger partial charge in [-0.05, 0) is 11.5 Å². The summed E-state index contributed by atoms with van der Waals surface area (Å²) in [5.74, 6) is 0.662. The average Bonchev–Trinajstić information content (AvgIpc) is 1.83. The minimum absolute atomic E-state index is 0.191. The van der Waals surface area contributed by atoms with E-state index in [0.717, 1.165) is 0 Å². The highest BCUT2D eigenvalue weighted by Crippen LogP contribution is 2.31. The van der Waals surface area contributed by atoms with Crippen LogP contribution in [0.1, 0.15) is 13.8 Å². The third-order valence-electron chi connectivity index (χ3n) is 2.45. The summed E-state index contributed by atoms with van der Waals surface area (Å²) in [4.78, 5) is 0. The van der Waals surface area contributed by atoms with Crippen molar-refractivity contribution in [3.05, 3.63) is 0 Å². The van der Waals surface area contributed by atoms with E-state index in [-0.39, 0.29) is 6.04 Å². The Kier molecular flexibility index (Phi) is 4.44. The fraction of sp³-hybridized carbons (Fsp3) is 1.00. The van der Waals surface area contributed by atoms with Crippen LogP contribution in [-0.2, 0) is 0 Å². The lowest BCUT2D eigenvalue weighted by Crippen LogP contribution is -2.47. The summed E-state index contributed by atoms with van der Waals surface area (Å²) in [7, 11) is -1.14. The Hall–Kier alpha value is 0.137. The van der Waals surface area contributed by atoms with Gasteiger partial charge in [-0.25, -0.2) is 0 Å². The molecule has 12 heavy (non-hydrogen) atoms. The lowest BCUT2D eigenvalue weighted by atomic mass is 10.0. The molecule has 0 spiro atoms. The molecule has 2 atom stereocenters. The highest BCUT2D eigenvalue weighted by Gasteiger charge is 2.33. The van der Waals surface area contributed by atoms with Gasteiger partial charge in [-0.2, -0.15) is 0 Å². The van der Waals surface area contributed by atoms with E-state index in [1.807, 2.05) is 0 Å². The lowest BCUT2D eigenvalue weighted by Gasteiger charge is -2.36. The Bertz CT molecular complexity index is 129. The standard InChI is InChI=1S/C9H24N2Si/c1-7(2)9(8(11)6-10)12(3,4)5/h7-9H,6,10-11H2,1-5H3. The molecule has 2 nitrogen and oxygen atoms in total. The molecule has 0 saturated heterocycles. The molecule has 2 unspecified atom stereocenters. The molecule has 0 saturated carbocycles. The second-order valence-electron chi connectivity index (χ2n) is 5.04. The van der Waals surface area contributed by atoms with E-state index in [1.54, 1.807) is 0 Å². The Labute approximate surface area is 77.7 Å². The summed E-state index contributed by atoms with van der Waals surface area (Å²) < 4.78 is 0. The van der Waals surface area contributed by atoms with Crippen molar-refractivity contribution in [1.29, 1.82) is 0 Å². The van der Waals surface area contributed by atoms with E-state index in [9.17, 15) is 0 Å². The van der Waals surface area contributed by atoms with Crippen LogP contribution >= 0.6 is 0 Å². The Balaban J connectivity index is 4.44. The molecular formula is C9H24N2Si. The molecule has 0 rings (SSSR count). The first-order valence-corrected chi connectivity index (χ1v) is 8.34. The first-order chi connectivity index (χ1) is 5.30. The molecular weight excluding hydrogens is 164 g/mol. The summed E-state index contributed by atoms with van der Waals surface area (Å²) in [6, 6.07) is 0.191. The third kappa shape index (κ3) is 3.25. The van der Waals surface area contributed by atoms with Crippen molar-refractivity contribution in [1.82, 2.24) is 0 Å². The molecule has 0 fully saturated rings. The summed E-state index contributed by atoms with van der Waals surface area (Å²) in [6.45, 7) is 12.2. The third-order valence-corrected chi connectivity index (χ3v) is 5.55. The van der Waals surface area contributed by atoms with E-state index < -0.39 is 8.07 Å². The number of hydrogen-bond donors (Lipinski definition) is 2. The van der Waals surface area contributed by atoms with Crippen molar-refractivity contribution in [2.24, 2.45) is 17.4 Å². The van der Waals surface area contributed by atoms with Crippen LogP contribution in [0.15, 0.2) is 0 Å². The Morgan fingerprint density at radius 3 is 1.67 bits per heavy atom. The van der Waals surface area contributed by atoms with Crippen LogP contribution in [0.3, 0.4) is 0 Å². The van der Waals surface area contributed by atoms with Crippen LogP contribution in [0.25, 0.3) is 0 Å².